The average Bonchev–Trinajstić information content (AvgIpc) is 3.58. The van der Waals surface area contributed by atoms with Gasteiger partial charge >= 0.3 is 0 Å². The minimum absolute atomic E-state index is 0.111. The summed E-state index contributed by atoms with van der Waals surface area (Å²) in [7, 11) is 0. The van der Waals surface area contributed by atoms with Crippen molar-refractivity contribution in [3.63, 3.8) is 0 Å². The van der Waals surface area contributed by atoms with Crippen LogP contribution in [0.25, 0.3) is 82.0 Å². The monoisotopic (exact) mass is 624 g/mol. The summed E-state index contributed by atoms with van der Waals surface area (Å²) in [6.07, 6.45) is 4.33. The van der Waals surface area contributed by atoms with Crippen LogP contribution in [0, 0.1) is 0 Å². The van der Waals surface area contributed by atoms with Crippen LogP contribution in [-0.4, -0.2) is 0 Å². The smallest absolute Gasteiger partial charge is 0.0159 e. The largest absolute Gasteiger partial charge is 0.0985 e. The molecule has 10 rings (SSSR count). The fourth-order valence-corrected chi connectivity index (χ4v) is 8.84. The molecule has 0 spiro atoms. The molecule has 0 fully saturated rings. The van der Waals surface area contributed by atoms with Crippen LogP contribution in [0.2, 0.25) is 0 Å². The van der Waals surface area contributed by atoms with Crippen molar-refractivity contribution in [3.05, 3.63) is 174 Å². The summed E-state index contributed by atoms with van der Waals surface area (Å²) in [5, 5.41) is 10.4. The molecule has 1 atom stereocenters. The molecule has 2 aliphatic rings. The molecule has 0 radical (unpaired) electrons. The van der Waals surface area contributed by atoms with Gasteiger partial charge in [-0.15, -0.1) is 0 Å². The molecule has 2 aliphatic carbocycles. The van der Waals surface area contributed by atoms with E-state index in [2.05, 4.69) is 167 Å². The Bertz CT molecular complexity index is 2770. The van der Waals surface area contributed by atoms with E-state index in [4.69, 9.17) is 0 Å². The highest BCUT2D eigenvalue weighted by Crippen LogP contribution is 2.51. The van der Waals surface area contributed by atoms with Gasteiger partial charge in [-0.2, -0.15) is 0 Å². The maximum atomic E-state index is 4.07. The number of benzene rings is 8. The maximum Gasteiger partial charge on any atom is 0.0159 e. The zero-order valence-electron chi connectivity index (χ0n) is 28.1. The topological polar surface area (TPSA) is 0 Å². The Morgan fingerprint density at radius 1 is 0.490 bits per heavy atom. The van der Waals surface area contributed by atoms with Crippen molar-refractivity contribution in [1.29, 1.82) is 0 Å². The SMILES string of the molecule is C=CC1=CC(C)c2cc3c(ccc4ccc(-c5ccc6c(c5)C(C)(C)c5cc(-c7ccc8c(ccc9ccccc98)c7)ccc5-6)cc43)cc21. The molecule has 0 amide bonds. The third-order valence-corrected chi connectivity index (χ3v) is 11.5. The minimum atomic E-state index is -0.111. The van der Waals surface area contributed by atoms with E-state index < -0.39 is 0 Å². The second-order valence-corrected chi connectivity index (χ2v) is 14.6. The molecule has 0 heteroatoms. The summed E-state index contributed by atoms with van der Waals surface area (Å²) < 4.78 is 0. The van der Waals surface area contributed by atoms with Gasteiger partial charge in [-0.1, -0.05) is 137 Å². The van der Waals surface area contributed by atoms with Gasteiger partial charge in [0.1, 0.15) is 0 Å². The van der Waals surface area contributed by atoms with Crippen molar-refractivity contribution in [2.45, 2.75) is 32.1 Å². The van der Waals surface area contributed by atoms with Crippen LogP contribution in [0.15, 0.2) is 152 Å². The average molecular weight is 625 g/mol. The Morgan fingerprint density at radius 2 is 1.02 bits per heavy atom. The lowest BCUT2D eigenvalue weighted by molar-refractivity contribution is 0.661. The minimum Gasteiger partial charge on any atom is -0.0985 e. The van der Waals surface area contributed by atoms with Crippen LogP contribution in [0.4, 0.5) is 0 Å². The summed E-state index contributed by atoms with van der Waals surface area (Å²) in [5.74, 6) is 0.397. The van der Waals surface area contributed by atoms with E-state index in [1.165, 1.54) is 104 Å². The molecule has 49 heavy (non-hydrogen) atoms. The Balaban J connectivity index is 1.04. The van der Waals surface area contributed by atoms with E-state index in [1.54, 1.807) is 0 Å². The lowest BCUT2D eigenvalue weighted by Crippen LogP contribution is -2.15. The Kier molecular flexibility index (Phi) is 5.86. The third kappa shape index (κ3) is 4.10. The molecule has 232 valence electrons. The molecule has 0 N–H and O–H groups in total. The number of hydrogen-bond donors (Lipinski definition) is 0. The number of allylic oxidation sites excluding steroid dienone is 3. The van der Waals surface area contributed by atoms with Gasteiger partial charge in [-0.3, -0.25) is 0 Å². The highest BCUT2D eigenvalue weighted by molar-refractivity contribution is 6.11. The second-order valence-electron chi connectivity index (χ2n) is 14.6. The second kappa shape index (κ2) is 10.1. The Morgan fingerprint density at radius 3 is 1.76 bits per heavy atom. The number of rotatable bonds is 3. The fourth-order valence-electron chi connectivity index (χ4n) is 8.84. The first kappa shape index (κ1) is 28.3. The zero-order chi connectivity index (χ0) is 33.0. The highest BCUT2D eigenvalue weighted by atomic mass is 14.4. The molecule has 0 aliphatic heterocycles. The normalized spacial score (nSPS) is 15.8. The fraction of sp³-hybridized carbons (Fsp3) is 0.102. The first-order valence-corrected chi connectivity index (χ1v) is 17.4. The quantitative estimate of drug-likeness (QED) is 0.172. The van der Waals surface area contributed by atoms with Crippen LogP contribution in [0.3, 0.4) is 0 Å². The molecule has 1 unspecified atom stereocenters. The van der Waals surface area contributed by atoms with Crippen LogP contribution < -0.4 is 0 Å². The molecular formula is C49H36. The molecule has 8 aromatic rings. The van der Waals surface area contributed by atoms with E-state index in [1.807, 2.05) is 6.08 Å². The van der Waals surface area contributed by atoms with Gasteiger partial charge in [-0.05, 0) is 141 Å². The first-order chi connectivity index (χ1) is 23.9. The van der Waals surface area contributed by atoms with Crippen LogP contribution in [-0.2, 0) is 5.41 Å². The number of fused-ring (bicyclic) bond motifs is 10. The molecule has 0 bridgehead atoms. The van der Waals surface area contributed by atoms with Crippen molar-refractivity contribution in [3.8, 4) is 33.4 Å². The summed E-state index contributed by atoms with van der Waals surface area (Å²) >= 11 is 0. The lowest BCUT2D eigenvalue weighted by Gasteiger charge is -2.23. The van der Waals surface area contributed by atoms with Crippen molar-refractivity contribution in [1.82, 2.24) is 0 Å². The predicted octanol–water partition coefficient (Wildman–Crippen LogP) is 13.6. The van der Waals surface area contributed by atoms with Gasteiger partial charge in [0, 0.05) is 11.3 Å². The zero-order valence-corrected chi connectivity index (χ0v) is 28.1. The van der Waals surface area contributed by atoms with Crippen molar-refractivity contribution in [2.24, 2.45) is 0 Å². The van der Waals surface area contributed by atoms with Gasteiger partial charge in [0.05, 0.1) is 0 Å². The van der Waals surface area contributed by atoms with Crippen molar-refractivity contribution >= 4 is 48.7 Å². The molecule has 0 aromatic heterocycles. The third-order valence-electron chi connectivity index (χ3n) is 11.5. The summed E-state index contributed by atoms with van der Waals surface area (Å²) in [4.78, 5) is 0. The Hall–Kier alpha value is -5.72. The van der Waals surface area contributed by atoms with Gasteiger partial charge in [0.2, 0.25) is 0 Å². The van der Waals surface area contributed by atoms with Gasteiger partial charge < -0.3 is 0 Å². The van der Waals surface area contributed by atoms with E-state index in [9.17, 15) is 0 Å². The van der Waals surface area contributed by atoms with Gasteiger partial charge in [0.25, 0.3) is 0 Å². The first-order valence-electron chi connectivity index (χ1n) is 17.4. The van der Waals surface area contributed by atoms with Crippen LogP contribution in [0.5, 0.6) is 0 Å². The predicted molar refractivity (Wildman–Crippen MR) is 211 cm³/mol. The van der Waals surface area contributed by atoms with Crippen molar-refractivity contribution in [2.75, 3.05) is 0 Å². The van der Waals surface area contributed by atoms with E-state index in [-0.39, 0.29) is 5.41 Å². The highest BCUT2D eigenvalue weighted by Gasteiger charge is 2.36. The molecular weight excluding hydrogens is 589 g/mol. The van der Waals surface area contributed by atoms with E-state index in [0.717, 1.165) is 0 Å². The standard InChI is InChI=1S/C49H36/c1-5-30-22-29(2)43-28-46-38(25-44(30)43)15-12-32-10-13-34(24-45(32)46)36-18-21-42-41-20-17-35(26-47(41)49(3,4)48(42)27-36)33-16-19-40-37(23-33)14-11-31-8-6-7-9-39(31)40/h5-29H,1H2,2-4H3. The Labute approximate surface area is 287 Å². The molecule has 0 nitrogen and oxygen atoms in total. The molecule has 0 saturated heterocycles. The van der Waals surface area contributed by atoms with Crippen LogP contribution in [0.1, 0.15) is 48.9 Å². The molecule has 0 heterocycles. The van der Waals surface area contributed by atoms with Gasteiger partial charge in [0.15, 0.2) is 0 Å². The summed E-state index contributed by atoms with van der Waals surface area (Å²) in [6, 6.07) is 50.6. The van der Waals surface area contributed by atoms with E-state index in [0.29, 0.717) is 5.92 Å². The maximum absolute atomic E-state index is 4.07. The van der Waals surface area contributed by atoms with Gasteiger partial charge in [-0.25, -0.2) is 0 Å². The van der Waals surface area contributed by atoms with Crippen molar-refractivity contribution < 1.29 is 0 Å². The van der Waals surface area contributed by atoms with E-state index >= 15 is 0 Å². The lowest BCUT2D eigenvalue weighted by atomic mass is 9.80. The molecule has 8 aromatic carbocycles. The molecule has 0 saturated carbocycles. The summed E-state index contributed by atoms with van der Waals surface area (Å²) in [5.41, 5.74) is 14.4. The number of hydrogen-bond acceptors (Lipinski definition) is 0. The summed E-state index contributed by atoms with van der Waals surface area (Å²) in [6.45, 7) is 11.1. The van der Waals surface area contributed by atoms with Crippen LogP contribution >= 0.6 is 0 Å².